The molecule has 0 spiro atoms. The van der Waals surface area contributed by atoms with E-state index in [4.69, 9.17) is 10.3 Å². The first-order chi connectivity index (χ1) is 27.9. The highest BCUT2D eigenvalue weighted by Crippen LogP contribution is 2.40. The summed E-state index contributed by atoms with van der Waals surface area (Å²) in [5, 5.41) is 26.6. The van der Waals surface area contributed by atoms with Gasteiger partial charge >= 0.3 is 12.1 Å². The summed E-state index contributed by atoms with van der Waals surface area (Å²) in [5.41, 5.74) is 11.9. The molecule has 2 atom stereocenters. The lowest BCUT2D eigenvalue weighted by molar-refractivity contribution is 0.259. The van der Waals surface area contributed by atoms with E-state index in [1.54, 1.807) is 9.36 Å². The monoisotopic (exact) mass is 844 g/mol. The Morgan fingerprint density at radius 2 is 0.915 bits per heavy atom. The average Bonchev–Trinajstić information content (AvgIpc) is 4.02. The van der Waals surface area contributed by atoms with Gasteiger partial charge in [0.2, 0.25) is 0 Å². The van der Waals surface area contributed by atoms with E-state index < -0.39 is 31.9 Å². The molecule has 4 heterocycles. The summed E-state index contributed by atoms with van der Waals surface area (Å²) in [5.74, 6) is 1.36. The minimum absolute atomic E-state index is 0. The number of rotatable bonds is 4. The number of hydrogen-bond acceptors (Lipinski definition) is 8. The summed E-state index contributed by atoms with van der Waals surface area (Å²) in [6, 6.07) is 3.31. The number of nitrogens with two attached hydrogens (primary N) is 2. The van der Waals surface area contributed by atoms with Gasteiger partial charge < -0.3 is 20.4 Å². The van der Waals surface area contributed by atoms with Gasteiger partial charge in [-0.1, -0.05) is 19.6 Å². The number of anilines is 4. The first-order valence-electron chi connectivity index (χ1n) is 20.5. The van der Waals surface area contributed by atoms with Gasteiger partial charge in [-0.25, -0.2) is 37.6 Å². The number of fused-ring (bicyclic) bond motifs is 6. The number of nitrogens with one attached hydrogen (secondary N) is 2. The largest absolute Gasteiger partial charge is 0.359 e. The van der Waals surface area contributed by atoms with Gasteiger partial charge in [-0.05, 0) is 134 Å². The highest BCUT2D eigenvalue weighted by Gasteiger charge is 2.30. The van der Waals surface area contributed by atoms with Crippen molar-refractivity contribution in [3.63, 3.8) is 0 Å². The van der Waals surface area contributed by atoms with Crippen LogP contribution in [0.1, 0.15) is 90.5 Å². The number of benzene rings is 2. The molecule has 10 rings (SSSR count). The normalized spacial score (nSPS) is 19.0. The Morgan fingerprint density at radius 1 is 0.576 bits per heavy atom. The molecule has 0 saturated carbocycles. The molecule has 4 aliphatic carbocycles. The van der Waals surface area contributed by atoms with Crippen molar-refractivity contribution in [2.24, 2.45) is 19.0 Å². The first kappa shape index (κ1) is 41.0. The van der Waals surface area contributed by atoms with E-state index in [-0.39, 0.29) is 7.43 Å². The van der Waals surface area contributed by atoms with Crippen LogP contribution in [-0.4, -0.2) is 67.2 Å². The minimum atomic E-state index is -3.40. The average molecular weight is 845 g/mol. The van der Waals surface area contributed by atoms with Gasteiger partial charge in [0, 0.05) is 51.6 Å². The predicted molar refractivity (Wildman–Crippen MR) is 232 cm³/mol. The summed E-state index contributed by atoms with van der Waals surface area (Å²) in [6.45, 7) is 3.12. The van der Waals surface area contributed by atoms with Gasteiger partial charge in [0.05, 0.1) is 12.4 Å². The van der Waals surface area contributed by atoms with E-state index in [1.807, 2.05) is 23.9 Å². The molecule has 2 unspecified atom stereocenters. The smallest absolute Gasteiger partial charge is 0.354 e. The zero-order chi connectivity index (χ0) is 40.3. The molecule has 316 valence electrons. The van der Waals surface area contributed by atoms with Crippen molar-refractivity contribution in [1.82, 2.24) is 19.6 Å². The first-order valence-corrected chi connectivity index (χ1v) is 23.6. The van der Waals surface area contributed by atoms with Gasteiger partial charge in [0.15, 0.2) is 0 Å². The van der Waals surface area contributed by atoms with Crippen molar-refractivity contribution in [2.45, 2.75) is 120 Å². The van der Waals surface area contributed by atoms with E-state index in [0.717, 1.165) is 127 Å². The SMILES string of the molecule is C.CN1CCCn2ncc(S(N)(=O)=NC(=O)Nc3c4c(cc5c3CCC5)CCC4)c21.CN1CCCn2ncc(S(N)(=O)=NC(=O)Nc3c4c(cc5c3CCC5)CCC4)c21. The fourth-order valence-corrected chi connectivity index (χ4v) is 12.1. The summed E-state index contributed by atoms with van der Waals surface area (Å²) in [7, 11) is -2.99. The maximum Gasteiger partial charge on any atom is 0.354 e. The molecular weight excluding hydrogens is 789 g/mol. The Hall–Kier alpha value is -4.78. The second-order valence-corrected chi connectivity index (χ2v) is 19.8. The number of urea groups is 2. The number of nitrogens with zero attached hydrogens (tertiary/aromatic N) is 8. The van der Waals surface area contributed by atoms with Gasteiger partial charge in [-0.3, -0.25) is 0 Å². The third kappa shape index (κ3) is 7.64. The number of aryl methyl sites for hydroxylation is 6. The summed E-state index contributed by atoms with van der Waals surface area (Å²) >= 11 is 0. The van der Waals surface area contributed by atoms with Crippen LogP contribution < -0.4 is 30.7 Å². The highest BCUT2D eigenvalue weighted by molar-refractivity contribution is 7.92. The van der Waals surface area contributed by atoms with Crippen LogP contribution in [0.15, 0.2) is 43.0 Å². The zero-order valence-electron chi connectivity index (χ0n) is 33.2. The molecule has 0 bridgehead atoms. The van der Waals surface area contributed by atoms with Crippen LogP contribution in [0.4, 0.5) is 32.6 Å². The van der Waals surface area contributed by atoms with Gasteiger partial charge in [0.1, 0.15) is 41.3 Å². The predicted octanol–water partition coefficient (Wildman–Crippen LogP) is 5.90. The van der Waals surface area contributed by atoms with Crippen LogP contribution in [0.5, 0.6) is 0 Å². The second kappa shape index (κ2) is 16.0. The lowest BCUT2D eigenvalue weighted by Crippen LogP contribution is -2.30. The fraction of sp³-hybridized carbons (Fsp3) is 0.512. The summed E-state index contributed by atoms with van der Waals surface area (Å²) < 4.78 is 37.8. The van der Waals surface area contributed by atoms with Crippen molar-refractivity contribution in [2.75, 3.05) is 47.6 Å². The molecule has 4 aromatic rings. The molecule has 4 amide bonds. The standard InChI is InChI=1S/2C20H26N6O2S.CH4/c2*1-25-9-4-10-26-19(25)17(12-22-26)29(21,28)24-20(27)23-18-15-7-2-5-13(15)11-14-6-3-8-16(14)18;/h2*11-12H,2-10H2,1H3,(H3,21,23,24,27,28);1H4. The number of carbonyl (C=O) groups excluding carboxylic acids is 2. The molecule has 18 heteroatoms. The van der Waals surface area contributed by atoms with Gasteiger partial charge in [-0.2, -0.15) is 10.2 Å². The Morgan fingerprint density at radius 3 is 1.25 bits per heavy atom. The Kier molecular flexibility index (Phi) is 11.1. The van der Waals surface area contributed by atoms with Crippen molar-refractivity contribution in [3.8, 4) is 0 Å². The Labute approximate surface area is 347 Å². The third-order valence-electron chi connectivity index (χ3n) is 12.5. The zero-order valence-corrected chi connectivity index (χ0v) is 34.9. The number of hydrogen-bond donors (Lipinski definition) is 4. The maximum atomic E-state index is 13.2. The molecule has 2 aliphatic heterocycles. The van der Waals surface area contributed by atoms with E-state index in [9.17, 15) is 18.0 Å². The van der Waals surface area contributed by atoms with E-state index >= 15 is 0 Å². The third-order valence-corrected chi connectivity index (χ3v) is 15.2. The lowest BCUT2D eigenvalue weighted by atomic mass is 9.99. The van der Waals surface area contributed by atoms with Crippen LogP contribution in [0, 0.1) is 0 Å². The van der Waals surface area contributed by atoms with Crippen molar-refractivity contribution in [3.05, 3.63) is 69.0 Å². The van der Waals surface area contributed by atoms with Crippen LogP contribution >= 0.6 is 0 Å². The second-order valence-electron chi connectivity index (χ2n) is 16.3. The van der Waals surface area contributed by atoms with Gasteiger partial charge in [0.25, 0.3) is 0 Å². The van der Waals surface area contributed by atoms with E-state index in [0.29, 0.717) is 21.4 Å². The Bertz CT molecular complexity index is 2370. The molecule has 6 N–H and O–H groups in total. The quantitative estimate of drug-likeness (QED) is 0.194. The lowest BCUT2D eigenvalue weighted by Gasteiger charge is -2.26. The molecule has 0 fully saturated rings. The topological polar surface area (TPSA) is 211 Å². The number of aromatic nitrogens is 4. The van der Waals surface area contributed by atoms with Crippen LogP contribution in [0.25, 0.3) is 0 Å². The number of amides is 4. The molecule has 6 aliphatic rings. The number of carbonyl (C=O) groups is 2. The molecule has 59 heavy (non-hydrogen) atoms. The minimum Gasteiger partial charge on any atom is -0.359 e. The molecule has 16 nitrogen and oxygen atoms in total. The van der Waals surface area contributed by atoms with Gasteiger partial charge in [-0.15, -0.1) is 8.73 Å². The van der Waals surface area contributed by atoms with E-state index in [2.05, 4.69) is 41.7 Å². The van der Waals surface area contributed by atoms with Crippen LogP contribution in [0.2, 0.25) is 0 Å². The molecule has 2 aromatic carbocycles. The van der Waals surface area contributed by atoms with Crippen LogP contribution in [-0.2, 0) is 84.3 Å². The summed E-state index contributed by atoms with van der Waals surface area (Å²) in [6.07, 6.45) is 17.3. The molecule has 0 radical (unpaired) electrons. The van der Waals surface area contributed by atoms with Crippen LogP contribution in [0.3, 0.4) is 0 Å². The van der Waals surface area contributed by atoms with Crippen molar-refractivity contribution < 1.29 is 18.0 Å². The summed E-state index contributed by atoms with van der Waals surface area (Å²) in [4.78, 5) is 30.1. The van der Waals surface area contributed by atoms with Crippen molar-refractivity contribution in [1.29, 1.82) is 0 Å². The van der Waals surface area contributed by atoms with Crippen molar-refractivity contribution >= 4 is 54.9 Å². The van der Waals surface area contributed by atoms with E-state index in [1.165, 1.54) is 56.9 Å². The highest BCUT2D eigenvalue weighted by atomic mass is 32.2. The molecule has 2 aromatic heterocycles. The molecular formula is C41H56N12O4S2. The Balaban J connectivity index is 0.000000161. The fourth-order valence-electron chi connectivity index (χ4n) is 9.90. The maximum absolute atomic E-state index is 13.2. The molecule has 0 saturated heterocycles.